The number of hydrogen-bond acceptors (Lipinski definition) is 3. The maximum atomic E-state index is 4.84. The molecule has 0 aliphatic carbocycles. The minimum absolute atomic E-state index is 0.803. The lowest BCUT2D eigenvalue weighted by atomic mass is 9.89. The number of thiazole rings is 1. The second-order valence-corrected chi connectivity index (χ2v) is 7.07. The Labute approximate surface area is 135 Å². The van der Waals surface area contributed by atoms with E-state index in [1.807, 2.05) is 0 Å². The van der Waals surface area contributed by atoms with Gasteiger partial charge in [-0.25, -0.2) is 4.98 Å². The molecule has 4 rings (SSSR count). The van der Waals surface area contributed by atoms with Crippen LogP contribution in [0.25, 0.3) is 20.8 Å². The van der Waals surface area contributed by atoms with Crippen molar-refractivity contribution in [2.24, 2.45) is 5.92 Å². The van der Waals surface area contributed by atoms with Gasteiger partial charge in [-0.1, -0.05) is 36.4 Å². The average molecular weight is 308 g/mol. The van der Waals surface area contributed by atoms with Crippen molar-refractivity contribution in [3.05, 3.63) is 54.1 Å². The summed E-state index contributed by atoms with van der Waals surface area (Å²) in [6.07, 6.45) is 3.75. The van der Waals surface area contributed by atoms with Crippen molar-refractivity contribution in [1.82, 2.24) is 10.3 Å². The molecule has 22 heavy (non-hydrogen) atoms. The highest BCUT2D eigenvalue weighted by atomic mass is 32.1. The zero-order valence-electron chi connectivity index (χ0n) is 12.6. The third-order valence-electron chi connectivity index (χ3n) is 4.51. The van der Waals surface area contributed by atoms with E-state index in [0.717, 1.165) is 29.5 Å². The number of fused-ring (bicyclic) bond motifs is 1. The van der Waals surface area contributed by atoms with E-state index < -0.39 is 0 Å². The molecule has 1 saturated heterocycles. The normalized spacial score (nSPS) is 16.2. The molecule has 0 atom stereocenters. The van der Waals surface area contributed by atoms with Crippen molar-refractivity contribution in [1.29, 1.82) is 0 Å². The number of hydrogen-bond donors (Lipinski definition) is 1. The van der Waals surface area contributed by atoms with Crippen molar-refractivity contribution in [3.63, 3.8) is 0 Å². The molecule has 0 spiro atoms. The van der Waals surface area contributed by atoms with E-state index in [2.05, 4.69) is 53.8 Å². The van der Waals surface area contributed by atoms with Gasteiger partial charge in [-0.15, -0.1) is 11.3 Å². The van der Waals surface area contributed by atoms with E-state index in [4.69, 9.17) is 4.98 Å². The molecule has 0 bridgehead atoms. The summed E-state index contributed by atoms with van der Waals surface area (Å²) in [6, 6.07) is 17.2. The number of aromatic nitrogens is 1. The maximum Gasteiger partial charge on any atom is 0.124 e. The molecule has 2 aromatic carbocycles. The van der Waals surface area contributed by atoms with Gasteiger partial charge in [0.05, 0.1) is 10.2 Å². The van der Waals surface area contributed by atoms with Gasteiger partial charge in [-0.2, -0.15) is 0 Å². The van der Waals surface area contributed by atoms with Gasteiger partial charge in [0, 0.05) is 5.56 Å². The van der Waals surface area contributed by atoms with Gasteiger partial charge in [0.1, 0.15) is 5.01 Å². The molecule has 0 saturated carbocycles. The van der Waals surface area contributed by atoms with Crippen LogP contribution in [0, 0.1) is 5.92 Å². The molecule has 1 aliphatic heterocycles. The Morgan fingerprint density at radius 3 is 2.64 bits per heavy atom. The van der Waals surface area contributed by atoms with Crippen LogP contribution in [0.5, 0.6) is 0 Å². The summed E-state index contributed by atoms with van der Waals surface area (Å²) >= 11 is 1.80. The van der Waals surface area contributed by atoms with Gasteiger partial charge >= 0.3 is 0 Å². The SMILES string of the molecule is c1ccc(-c2nc3ccccc3s2)c(CC2CCNCC2)c1. The quantitative estimate of drug-likeness (QED) is 0.770. The lowest BCUT2D eigenvalue weighted by molar-refractivity contribution is 0.373. The van der Waals surface area contributed by atoms with Crippen LogP contribution in [0.1, 0.15) is 18.4 Å². The highest BCUT2D eigenvalue weighted by molar-refractivity contribution is 7.21. The van der Waals surface area contributed by atoms with Gasteiger partial charge in [0.25, 0.3) is 0 Å². The van der Waals surface area contributed by atoms with Crippen LogP contribution in [0.2, 0.25) is 0 Å². The first kappa shape index (κ1) is 13.9. The van der Waals surface area contributed by atoms with Crippen LogP contribution in [0.3, 0.4) is 0 Å². The molecular formula is C19H20N2S. The third kappa shape index (κ3) is 2.79. The van der Waals surface area contributed by atoms with Crippen LogP contribution < -0.4 is 5.32 Å². The van der Waals surface area contributed by atoms with Crippen LogP contribution in [-0.4, -0.2) is 18.1 Å². The van der Waals surface area contributed by atoms with E-state index in [-0.39, 0.29) is 0 Å². The third-order valence-corrected chi connectivity index (χ3v) is 5.58. The molecule has 112 valence electrons. The molecule has 2 nitrogen and oxygen atoms in total. The Morgan fingerprint density at radius 2 is 1.77 bits per heavy atom. The summed E-state index contributed by atoms with van der Waals surface area (Å²) < 4.78 is 1.27. The molecular weight excluding hydrogens is 288 g/mol. The van der Waals surface area contributed by atoms with E-state index in [1.165, 1.54) is 35.1 Å². The average Bonchev–Trinajstić information content (AvgIpc) is 3.00. The summed E-state index contributed by atoms with van der Waals surface area (Å²) in [5.41, 5.74) is 3.88. The second kappa shape index (κ2) is 6.19. The largest absolute Gasteiger partial charge is 0.317 e. The minimum Gasteiger partial charge on any atom is -0.317 e. The Balaban J connectivity index is 1.68. The van der Waals surface area contributed by atoms with Crippen LogP contribution in [0.4, 0.5) is 0 Å². The molecule has 1 N–H and O–H groups in total. The molecule has 0 amide bonds. The highest BCUT2D eigenvalue weighted by Gasteiger charge is 2.17. The number of para-hydroxylation sites is 1. The monoisotopic (exact) mass is 308 g/mol. The molecule has 1 aliphatic rings. The Hall–Kier alpha value is -1.71. The summed E-state index contributed by atoms with van der Waals surface area (Å²) in [4.78, 5) is 4.84. The second-order valence-electron chi connectivity index (χ2n) is 6.04. The van der Waals surface area contributed by atoms with Crippen molar-refractivity contribution in [2.75, 3.05) is 13.1 Å². The highest BCUT2D eigenvalue weighted by Crippen LogP contribution is 2.33. The summed E-state index contributed by atoms with van der Waals surface area (Å²) in [7, 11) is 0. The first-order valence-corrected chi connectivity index (χ1v) is 8.86. The molecule has 2 heterocycles. The van der Waals surface area contributed by atoms with E-state index in [9.17, 15) is 0 Å². The van der Waals surface area contributed by atoms with Gasteiger partial charge in [-0.3, -0.25) is 0 Å². The van der Waals surface area contributed by atoms with Gasteiger partial charge in [0.2, 0.25) is 0 Å². The van der Waals surface area contributed by atoms with Crippen molar-refractivity contribution in [2.45, 2.75) is 19.3 Å². The predicted molar refractivity (Wildman–Crippen MR) is 94.4 cm³/mol. The van der Waals surface area contributed by atoms with Crippen LogP contribution >= 0.6 is 11.3 Å². The first-order chi connectivity index (χ1) is 10.9. The molecule has 0 radical (unpaired) electrons. The zero-order valence-corrected chi connectivity index (χ0v) is 13.4. The summed E-state index contributed by atoms with van der Waals surface area (Å²) in [6.45, 7) is 2.32. The van der Waals surface area contributed by atoms with Crippen LogP contribution in [-0.2, 0) is 6.42 Å². The first-order valence-electron chi connectivity index (χ1n) is 8.05. The molecule has 3 heteroatoms. The Morgan fingerprint density at radius 1 is 1.00 bits per heavy atom. The maximum absolute atomic E-state index is 4.84. The summed E-state index contributed by atoms with van der Waals surface area (Å²) in [5, 5.41) is 4.61. The molecule has 0 unspecified atom stereocenters. The van der Waals surface area contributed by atoms with E-state index in [0.29, 0.717) is 0 Å². The van der Waals surface area contributed by atoms with Crippen LogP contribution in [0.15, 0.2) is 48.5 Å². The fourth-order valence-corrected chi connectivity index (χ4v) is 4.32. The topological polar surface area (TPSA) is 24.9 Å². The number of nitrogens with one attached hydrogen (secondary N) is 1. The number of benzene rings is 2. The molecule has 1 fully saturated rings. The Kier molecular flexibility index (Phi) is 3.92. The number of nitrogens with zero attached hydrogens (tertiary/aromatic N) is 1. The van der Waals surface area contributed by atoms with Crippen molar-refractivity contribution < 1.29 is 0 Å². The van der Waals surface area contributed by atoms with Crippen molar-refractivity contribution in [3.8, 4) is 10.6 Å². The fourth-order valence-electron chi connectivity index (χ4n) is 3.29. The number of rotatable bonds is 3. The Bertz CT molecular complexity index is 739. The van der Waals surface area contributed by atoms with Gasteiger partial charge < -0.3 is 5.32 Å². The lowest BCUT2D eigenvalue weighted by Gasteiger charge is -2.23. The zero-order chi connectivity index (χ0) is 14.8. The minimum atomic E-state index is 0.803. The lowest BCUT2D eigenvalue weighted by Crippen LogP contribution is -2.28. The van der Waals surface area contributed by atoms with E-state index in [1.54, 1.807) is 11.3 Å². The van der Waals surface area contributed by atoms with Crippen molar-refractivity contribution >= 4 is 21.6 Å². The van der Waals surface area contributed by atoms with Gasteiger partial charge in [0.15, 0.2) is 0 Å². The molecule has 1 aromatic heterocycles. The van der Waals surface area contributed by atoms with Gasteiger partial charge in [-0.05, 0) is 56.0 Å². The summed E-state index contributed by atoms with van der Waals surface area (Å²) in [5.74, 6) is 0.803. The van der Waals surface area contributed by atoms with E-state index >= 15 is 0 Å². The predicted octanol–water partition coefficient (Wildman–Crippen LogP) is 4.51. The fraction of sp³-hybridized carbons (Fsp3) is 0.316. The molecule has 3 aromatic rings. The standard InChI is InChI=1S/C19H20N2S/c1-2-6-16(15(5-1)13-14-9-11-20-12-10-14)19-21-17-7-3-4-8-18(17)22-19/h1-8,14,20H,9-13H2. The number of piperidine rings is 1. The smallest absolute Gasteiger partial charge is 0.124 e.